The van der Waals surface area contributed by atoms with Gasteiger partial charge in [-0.1, -0.05) is 42.5 Å². The molecule has 0 spiro atoms. The molecule has 1 atom stereocenters. The molecule has 1 unspecified atom stereocenters. The molecule has 2 N–H and O–H groups in total. The zero-order valence-electron chi connectivity index (χ0n) is 15.4. The van der Waals surface area contributed by atoms with Crippen molar-refractivity contribution in [1.29, 1.82) is 0 Å². The van der Waals surface area contributed by atoms with E-state index in [0.29, 0.717) is 5.95 Å². The molecule has 0 aliphatic heterocycles. The van der Waals surface area contributed by atoms with Crippen LogP contribution in [0.3, 0.4) is 0 Å². The molecule has 134 valence electrons. The number of imidazole rings is 1. The topological polar surface area (TPSA) is 53.1 Å². The molecule has 3 rings (SSSR count). The molecular weight excluding hydrogens is 322 g/mol. The molecule has 1 heterocycles. The van der Waals surface area contributed by atoms with Crippen molar-refractivity contribution in [2.45, 2.75) is 18.8 Å². The van der Waals surface area contributed by atoms with Gasteiger partial charge in [0.25, 0.3) is 0 Å². The van der Waals surface area contributed by atoms with Crippen molar-refractivity contribution < 1.29 is 4.74 Å². The highest BCUT2D eigenvalue weighted by Crippen LogP contribution is 2.30. The van der Waals surface area contributed by atoms with Crippen molar-refractivity contribution in [2.75, 3.05) is 12.8 Å². The average Bonchev–Trinajstić information content (AvgIpc) is 3.00. The van der Waals surface area contributed by atoms with E-state index in [9.17, 15) is 0 Å². The van der Waals surface area contributed by atoms with Gasteiger partial charge in [0.1, 0.15) is 5.75 Å². The molecule has 0 bridgehead atoms. The van der Waals surface area contributed by atoms with Crippen LogP contribution in [-0.4, -0.2) is 16.7 Å². The number of rotatable bonds is 7. The fourth-order valence-electron chi connectivity index (χ4n) is 3.12. The van der Waals surface area contributed by atoms with Crippen molar-refractivity contribution in [3.8, 4) is 5.75 Å². The molecule has 0 aliphatic carbocycles. The minimum Gasteiger partial charge on any atom is -0.497 e. The molecule has 4 nitrogen and oxygen atoms in total. The second kappa shape index (κ2) is 7.91. The summed E-state index contributed by atoms with van der Waals surface area (Å²) in [6, 6.07) is 16.9. The lowest BCUT2D eigenvalue weighted by molar-refractivity contribution is 0.414. The van der Waals surface area contributed by atoms with Crippen molar-refractivity contribution in [1.82, 2.24) is 9.55 Å². The lowest BCUT2D eigenvalue weighted by Gasteiger charge is -2.16. The Morgan fingerprint density at radius 2 is 1.77 bits per heavy atom. The molecule has 1 aromatic heterocycles. The summed E-state index contributed by atoms with van der Waals surface area (Å²) in [5.41, 5.74) is 10.7. The van der Waals surface area contributed by atoms with Crippen LogP contribution in [0.4, 0.5) is 5.95 Å². The predicted octanol–water partition coefficient (Wildman–Crippen LogP) is 4.11. The number of nitrogens with zero attached hydrogens (tertiary/aromatic N) is 2. The number of hydrogen-bond acceptors (Lipinski definition) is 3. The number of nitrogens with two attached hydrogens (primary N) is 1. The standard InChI is InChI=1S/C22H25N3O/c1-4-5-16-6-8-17(9-7-16)14-20(21-15-25(2)22(23)24-21)18-10-12-19(26-3)13-11-18/h4,6-13,15,20H,1,5,14H2,2-3H3,(H2,23,24). The predicted molar refractivity (Wildman–Crippen MR) is 107 cm³/mol. The Labute approximate surface area is 155 Å². The normalized spacial score (nSPS) is 11.9. The molecule has 0 radical (unpaired) electrons. The molecule has 3 aromatic rings. The maximum Gasteiger partial charge on any atom is 0.200 e. The Morgan fingerprint density at radius 3 is 2.31 bits per heavy atom. The largest absolute Gasteiger partial charge is 0.497 e. The second-order valence-electron chi connectivity index (χ2n) is 6.47. The number of aryl methyl sites for hydroxylation is 1. The van der Waals surface area contributed by atoms with Gasteiger partial charge >= 0.3 is 0 Å². The van der Waals surface area contributed by atoms with Crippen LogP contribution in [0.5, 0.6) is 5.75 Å². The Morgan fingerprint density at radius 1 is 1.12 bits per heavy atom. The van der Waals surface area contributed by atoms with Crippen LogP contribution in [0.1, 0.15) is 28.3 Å². The lowest BCUT2D eigenvalue weighted by atomic mass is 9.89. The van der Waals surface area contributed by atoms with Crippen LogP contribution >= 0.6 is 0 Å². The molecule has 4 heteroatoms. The number of ether oxygens (including phenoxy) is 1. The van der Waals surface area contributed by atoms with Crippen LogP contribution < -0.4 is 10.5 Å². The van der Waals surface area contributed by atoms with E-state index in [-0.39, 0.29) is 5.92 Å². The molecule has 2 aromatic carbocycles. The second-order valence-corrected chi connectivity index (χ2v) is 6.47. The van der Waals surface area contributed by atoms with E-state index >= 15 is 0 Å². The minimum atomic E-state index is 0.134. The van der Waals surface area contributed by atoms with Crippen molar-refractivity contribution in [2.24, 2.45) is 7.05 Å². The SMILES string of the molecule is C=CCc1ccc(CC(c2ccc(OC)cc2)c2cn(C)c(N)n2)cc1. The third-order valence-electron chi connectivity index (χ3n) is 4.65. The zero-order valence-corrected chi connectivity index (χ0v) is 15.4. The van der Waals surface area contributed by atoms with E-state index in [1.165, 1.54) is 16.7 Å². The van der Waals surface area contributed by atoms with Gasteiger partial charge in [-0.05, 0) is 41.7 Å². The summed E-state index contributed by atoms with van der Waals surface area (Å²) >= 11 is 0. The monoisotopic (exact) mass is 347 g/mol. The average molecular weight is 347 g/mol. The van der Waals surface area contributed by atoms with Crippen LogP contribution in [0.25, 0.3) is 0 Å². The van der Waals surface area contributed by atoms with Crippen LogP contribution in [0, 0.1) is 0 Å². The van der Waals surface area contributed by atoms with E-state index in [2.05, 4.69) is 48.0 Å². The Kier molecular flexibility index (Phi) is 5.42. The van der Waals surface area contributed by atoms with Crippen LogP contribution in [-0.2, 0) is 19.9 Å². The summed E-state index contributed by atoms with van der Waals surface area (Å²) in [5.74, 6) is 1.51. The summed E-state index contributed by atoms with van der Waals surface area (Å²) in [6.07, 6.45) is 5.68. The smallest absolute Gasteiger partial charge is 0.200 e. The Bertz CT molecular complexity index is 844. The lowest BCUT2D eigenvalue weighted by Crippen LogP contribution is -2.06. The number of benzene rings is 2. The van der Waals surface area contributed by atoms with Crippen molar-refractivity contribution in [3.05, 3.63) is 89.8 Å². The number of anilines is 1. The number of aromatic nitrogens is 2. The molecule has 0 fully saturated rings. The van der Waals surface area contributed by atoms with Gasteiger partial charge in [0.05, 0.1) is 12.8 Å². The quantitative estimate of drug-likeness (QED) is 0.654. The van der Waals surface area contributed by atoms with Crippen LogP contribution in [0.2, 0.25) is 0 Å². The van der Waals surface area contributed by atoms with E-state index in [4.69, 9.17) is 10.5 Å². The number of allylic oxidation sites excluding steroid dienone is 1. The van der Waals surface area contributed by atoms with E-state index in [1.807, 2.05) is 36.0 Å². The minimum absolute atomic E-state index is 0.134. The molecule has 0 saturated heterocycles. The van der Waals surface area contributed by atoms with Gasteiger partial charge in [0, 0.05) is 19.2 Å². The van der Waals surface area contributed by atoms with Gasteiger partial charge in [-0.25, -0.2) is 4.98 Å². The fourth-order valence-corrected chi connectivity index (χ4v) is 3.12. The molecule has 0 aliphatic rings. The van der Waals surface area contributed by atoms with Crippen molar-refractivity contribution in [3.63, 3.8) is 0 Å². The first-order chi connectivity index (χ1) is 12.6. The summed E-state index contributed by atoms with van der Waals surface area (Å²) in [7, 11) is 3.59. The maximum atomic E-state index is 5.97. The van der Waals surface area contributed by atoms with Gasteiger partial charge in [0.2, 0.25) is 0 Å². The highest BCUT2D eigenvalue weighted by atomic mass is 16.5. The summed E-state index contributed by atoms with van der Waals surface area (Å²) in [4.78, 5) is 4.57. The first kappa shape index (κ1) is 17.8. The fraction of sp³-hybridized carbons (Fsp3) is 0.227. The molecule has 0 amide bonds. The first-order valence-electron chi connectivity index (χ1n) is 8.72. The third-order valence-corrected chi connectivity index (χ3v) is 4.65. The summed E-state index contributed by atoms with van der Waals surface area (Å²) < 4.78 is 7.14. The summed E-state index contributed by atoms with van der Waals surface area (Å²) in [6.45, 7) is 3.80. The first-order valence-corrected chi connectivity index (χ1v) is 8.72. The van der Waals surface area contributed by atoms with Gasteiger partial charge in [-0.15, -0.1) is 6.58 Å². The molecule has 26 heavy (non-hydrogen) atoms. The third kappa shape index (κ3) is 3.97. The van der Waals surface area contributed by atoms with Gasteiger partial charge in [-0.3, -0.25) is 0 Å². The number of nitrogen functional groups attached to an aromatic ring is 1. The van der Waals surface area contributed by atoms with Gasteiger partial charge in [-0.2, -0.15) is 0 Å². The molecule has 0 saturated carbocycles. The number of hydrogen-bond donors (Lipinski definition) is 1. The van der Waals surface area contributed by atoms with E-state index < -0.39 is 0 Å². The molecular formula is C22H25N3O. The number of methoxy groups -OCH3 is 1. The highest BCUT2D eigenvalue weighted by molar-refractivity contribution is 5.37. The highest BCUT2D eigenvalue weighted by Gasteiger charge is 2.19. The van der Waals surface area contributed by atoms with E-state index in [1.54, 1.807) is 7.11 Å². The van der Waals surface area contributed by atoms with Gasteiger partial charge in [0.15, 0.2) is 5.95 Å². The summed E-state index contributed by atoms with van der Waals surface area (Å²) in [5, 5.41) is 0. The van der Waals surface area contributed by atoms with Gasteiger partial charge < -0.3 is 15.0 Å². The zero-order chi connectivity index (χ0) is 18.5. The van der Waals surface area contributed by atoms with E-state index in [0.717, 1.165) is 24.3 Å². The maximum absolute atomic E-state index is 5.97. The Hall–Kier alpha value is -3.01. The van der Waals surface area contributed by atoms with Crippen molar-refractivity contribution >= 4 is 5.95 Å². The van der Waals surface area contributed by atoms with Crippen LogP contribution in [0.15, 0.2) is 67.4 Å². The Balaban J connectivity index is 1.92.